The molecule has 2 heteroatoms. The van der Waals surface area contributed by atoms with E-state index in [1.807, 2.05) is 0 Å². The number of rotatable bonds is 7. The maximum absolute atomic E-state index is 2.58. The van der Waals surface area contributed by atoms with Gasteiger partial charge in [-0.1, -0.05) is 188 Å². The normalized spacial score (nSPS) is 14.4. The highest BCUT2D eigenvalue weighted by Gasteiger charge is 2.44. The molecule has 1 aromatic heterocycles. The Morgan fingerprint density at radius 3 is 1.59 bits per heavy atom. The summed E-state index contributed by atoms with van der Waals surface area (Å²) in [6, 6.07) is 87.3. The van der Waals surface area contributed by atoms with Crippen LogP contribution in [0.5, 0.6) is 0 Å². The summed E-state index contributed by atoms with van der Waals surface area (Å²) in [5.74, 6) is 0. The highest BCUT2D eigenvalue weighted by Crippen LogP contribution is 2.60. The van der Waals surface area contributed by atoms with Crippen molar-refractivity contribution in [1.82, 2.24) is 4.57 Å². The Balaban J connectivity index is 1.11. The van der Waals surface area contributed by atoms with E-state index in [0.717, 1.165) is 17.1 Å². The van der Waals surface area contributed by atoms with Gasteiger partial charge in [-0.3, -0.25) is 0 Å². The maximum atomic E-state index is 2.58. The Morgan fingerprint density at radius 1 is 0.359 bits per heavy atom. The summed E-state index contributed by atoms with van der Waals surface area (Å²) >= 11 is 0. The number of anilines is 3. The van der Waals surface area contributed by atoms with Gasteiger partial charge in [0.1, 0.15) is 0 Å². The van der Waals surface area contributed by atoms with Gasteiger partial charge in [-0.25, -0.2) is 0 Å². The zero-order chi connectivity index (χ0) is 42.4. The van der Waals surface area contributed by atoms with E-state index < -0.39 is 0 Å². The van der Waals surface area contributed by atoms with Crippen molar-refractivity contribution in [2.24, 2.45) is 0 Å². The molecule has 11 aromatic rings. The van der Waals surface area contributed by atoms with Gasteiger partial charge in [-0.15, -0.1) is 0 Å². The molecule has 13 rings (SSSR count). The molecule has 64 heavy (non-hydrogen) atoms. The van der Waals surface area contributed by atoms with E-state index in [-0.39, 0.29) is 5.41 Å². The summed E-state index contributed by atoms with van der Waals surface area (Å²) < 4.78 is 2.58. The molecule has 300 valence electrons. The SMILES string of the molecule is CC1(c2ccccc2)c2cccc3c2-c2c1ccc1c4ccc(N(c5cccc(-c6ccccc6)c5)c5cc(-c6ccccc6)cc(-c6ccccc6)c5)cc4n(c21)-c1ccccc1-3. The third kappa shape index (κ3) is 5.39. The van der Waals surface area contributed by atoms with Crippen molar-refractivity contribution >= 4 is 38.9 Å². The molecular weight excluding hydrogens is 773 g/mol. The zero-order valence-corrected chi connectivity index (χ0v) is 35.4. The second-order valence-corrected chi connectivity index (χ2v) is 17.4. The van der Waals surface area contributed by atoms with Gasteiger partial charge in [0.15, 0.2) is 0 Å². The molecule has 2 aliphatic rings. The monoisotopic (exact) mass is 814 g/mol. The number of hydrogen-bond donors (Lipinski definition) is 0. The molecule has 0 saturated carbocycles. The minimum absolute atomic E-state index is 0.310. The first-order valence-corrected chi connectivity index (χ1v) is 22.3. The van der Waals surface area contributed by atoms with E-state index in [1.54, 1.807) is 0 Å². The minimum atomic E-state index is -0.310. The molecule has 1 aliphatic heterocycles. The van der Waals surface area contributed by atoms with E-state index in [9.17, 15) is 0 Å². The Morgan fingerprint density at radius 2 is 0.891 bits per heavy atom. The van der Waals surface area contributed by atoms with Crippen LogP contribution in [0.15, 0.2) is 237 Å². The molecule has 2 heterocycles. The Hall–Kier alpha value is -8.20. The fraction of sp³-hybridized carbons (Fsp3) is 0.0323. The van der Waals surface area contributed by atoms with Crippen molar-refractivity contribution < 1.29 is 0 Å². The number of benzene rings is 10. The Bertz CT molecular complexity index is 3550. The molecule has 1 atom stereocenters. The molecule has 0 amide bonds. The second kappa shape index (κ2) is 14.2. The average molecular weight is 815 g/mol. The van der Waals surface area contributed by atoms with Crippen molar-refractivity contribution in [3.05, 3.63) is 253 Å². The third-order valence-corrected chi connectivity index (χ3v) is 14.0. The lowest BCUT2D eigenvalue weighted by Crippen LogP contribution is -2.22. The van der Waals surface area contributed by atoms with Gasteiger partial charge < -0.3 is 9.47 Å². The van der Waals surface area contributed by atoms with Gasteiger partial charge in [0.2, 0.25) is 0 Å². The molecule has 1 unspecified atom stereocenters. The standard InChI is InChI=1S/C62H42N2/c1-62(47-25-12-5-13-26-47)55-30-17-29-53-51-28-14-15-31-57(51)64-58-40-49(32-33-52(58)54-34-35-56(62)60(59(53)55)61(54)64)63(48-27-16-24-44(37-48)41-18-6-2-7-19-41)50-38-45(42-20-8-3-9-21-42)36-46(39-50)43-22-10-4-11-23-43/h2-40H,1H3. The molecule has 0 fully saturated rings. The van der Waals surface area contributed by atoms with Gasteiger partial charge in [-0.05, 0) is 117 Å². The molecule has 1 aliphatic carbocycles. The van der Waals surface area contributed by atoms with Gasteiger partial charge in [0.05, 0.1) is 16.7 Å². The lowest BCUT2D eigenvalue weighted by atomic mass is 9.74. The maximum Gasteiger partial charge on any atom is 0.0623 e. The Labute approximate surface area is 373 Å². The molecule has 0 spiro atoms. The van der Waals surface area contributed by atoms with Gasteiger partial charge in [0.25, 0.3) is 0 Å². The van der Waals surface area contributed by atoms with Crippen LogP contribution in [0.2, 0.25) is 0 Å². The fourth-order valence-electron chi connectivity index (χ4n) is 11.0. The second-order valence-electron chi connectivity index (χ2n) is 17.4. The first kappa shape index (κ1) is 36.5. The largest absolute Gasteiger partial charge is 0.310 e. The molecular formula is C62H42N2. The quantitative estimate of drug-likeness (QED) is 0.156. The molecule has 0 bridgehead atoms. The molecule has 0 N–H and O–H groups in total. The van der Waals surface area contributed by atoms with E-state index in [0.29, 0.717) is 0 Å². The van der Waals surface area contributed by atoms with Crippen molar-refractivity contribution in [3.63, 3.8) is 0 Å². The zero-order valence-electron chi connectivity index (χ0n) is 35.4. The third-order valence-electron chi connectivity index (χ3n) is 14.0. The molecule has 10 aromatic carbocycles. The van der Waals surface area contributed by atoms with Gasteiger partial charge in [-0.2, -0.15) is 0 Å². The fourth-order valence-corrected chi connectivity index (χ4v) is 11.0. The highest BCUT2D eigenvalue weighted by molar-refractivity contribution is 6.19. The van der Waals surface area contributed by atoms with Crippen LogP contribution < -0.4 is 4.90 Å². The number of aromatic nitrogens is 1. The summed E-state index contributed by atoms with van der Waals surface area (Å²) in [6.07, 6.45) is 0. The first-order valence-electron chi connectivity index (χ1n) is 22.3. The molecule has 0 radical (unpaired) electrons. The smallest absolute Gasteiger partial charge is 0.0623 e. The van der Waals surface area contributed by atoms with Crippen LogP contribution in [0.3, 0.4) is 0 Å². The Kier molecular flexibility index (Phi) is 8.07. The minimum Gasteiger partial charge on any atom is -0.310 e. The predicted octanol–water partition coefficient (Wildman–Crippen LogP) is 16.6. The molecule has 2 nitrogen and oxygen atoms in total. The summed E-state index contributed by atoms with van der Waals surface area (Å²) in [4.78, 5) is 2.46. The lowest BCUT2D eigenvalue weighted by Gasteiger charge is -2.29. The number of nitrogens with zero attached hydrogens (tertiary/aromatic N) is 2. The van der Waals surface area contributed by atoms with E-state index >= 15 is 0 Å². The van der Waals surface area contributed by atoms with Crippen LogP contribution in [0, 0.1) is 0 Å². The predicted molar refractivity (Wildman–Crippen MR) is 268 cm³/mol. The lowest BCUT2D eigenvalue weighted by molar-refractivity contribution is 0.714. The van der Waals surface area contributed by atoms with Crippen molar-refractivity contribution in [1.29, 1.82) is 0 Å². The summed E-state index contributed by atoms with van der Waals surface area (Å²) in [5.41, 5.74) is 23.0. The average Bonchev–Trinajstić information content (AvgIpc) is 3.79. The number of hydrogen-bond acceptors (Lipinski definition) is 1. The van der Waals surface area contributed by atoms with Crippen LogP contribution in [0.4, 0.5) is 17.1 Å². The van der Waals surface area contributed by atoms with Crippen LogP contribution in [-0.4, -0.2) is 4.57 Å². The van der Waals surface area contributed by atoms with E-state index in [2.05, 4.69) is 253 Å². The van der Waals surface area contributed by atoms with Gasteiger partial charge in [0, 0.05) is 44.4 Å². The van der Waals surface area contributed by atoms with Crippen molar-refractivity contribution in [2.45, 2.75) is 12.3 Å². The first-order chi connectivity index (χ1) is 31.6. The highest BCUT2D eigenvalue weighted by atomic mass is 15.1. The van der Waals surface area contributed by atoms with Crippen LogP contribution in [0.1, 0.15) is 23.6 Å². The number of para-hydroxylation sites is 1. The molecule has 0 saturated heterocycles. The van der Waals surface area contributed by atoms with Crippen molar-refractivity contribution in [2.75, 3.05) is 4.90 Å². The number of fused-ring (bicyclic) bond motifs is 6. The van der Waals surface area contributed by atoms with Crippen molar-refractivity contribution in [3.8, 4) is 61.3 Å². The van der Waals surface area contributed by atoms with Crippen LogP contribution >= 0.6 is 0 Å². The van der Waals surface area contributed by atoms with Crippen LogP contribution in [-0.2, 0) is 5.41 Å². The van der Waals surface area contributed by atoms with Crippen LogP contribution in [0.25, 0.3) is 83.1 Å². The van der Waals surface area contributed by atoms with Gasteiger partial charge >= 0.3 is 0 Å². The van der Waals surface area contributed by atoms with E-state index in [4.69, 9.17) is 0 Å². The summed E-state index contributed by atoms with van der Waals surface area (Å²) in [5, 5.41) is 2.51. The topological polar surface area (TPSA) is 8.17 Å². The van der Waals surface area contributed by atoms with E-state index in [1.165, 1.54) is 99.8 Å². The summed E-state index contributed by atoms with van der Waals surface area (Å²) in [7, 11) is 0. The summed E-state index contributed by atoms with van der Waals surface area (Å²) in [6.45, 7) is 2.43.